The molecule has 0 spiro atoms. The van der Waals surface area contributed by atoms with Gasteiger partial charge in [0, 0.05) is 30.6 Å². The smallest absolute Gasteiger partial charge is 0.267 e. The van der Waals surface area contributed by atoms with Crippen LogP contribution in [0.15, 0.2) is 78.3 Å². The second-order valence-electron chi connectivity index (χ2n) is 6.28. The fraction of sp³-hybridized carbons (Fsp3) is 0.143. The third kappa shape index (κ3) is 3.11. The molecular weight excluding hydrogens is 324 g/mol. The van der Waals surface area contributed by atoms with E-state index >= 15 is 0 Å². The minimum atomic E-state index is -0.146. The number of amides is 1. The Morgan fingerprint density at radius 2 is 1.88 bits per heavy atom. The lowest BCUT2D eigenvalue weighted by Crippen LogP contribution is -2.27. The summed E-state index contributed by atoms with van der Waals surface area (Å²) < 4.78 is 0. The third-order valence-electron chi connectivity index (χ3n) is 4.43. The minimum Gasteiger partial charge on any atom is -0.267 e. The Kier molecular flexibility index (Phi) is 4.27. The van der Waals surface area contributed by atoms with Crippen molar-refractivity contribution in [3.05, 3.63) is 95.6 Å². The van der Waals surface area contributed by atoms with E-state index < -0.39 is 0 Å². The fourth-order valence-electron chi connectivity index (χ4n) is 3.15. The molecule has 128 valence electrons. The van der Waals surface area contributed by atoms with Crippen LogP contribution in [-0.4, -0.2) is 26.6 Å². The van der Waals surface area contributed by atoms with Gasteiger partial charge in [0.25, 0.3) is 5.91 Å². The summed E-state index contributed by atoms with van der Waals surface area (Å²) >= 11 is 0. The zero-order chi connectivity index (χ0) is 17.9. The van der Waals surface area contributed by atoms with Gasteiger partial charge in [-0.2, -0.15) is 5.10 Å². The van der Waals surface area contributed by atoms with E-state index in [0.29, 0.717) is 12.0 Å². The highest BCUT2D eigenvalue weighted by atomic mass is 16.2. The highest BCUT2D eigenvalue weighted by molar-refractivity contribution is 6.03. The molecule has 0 N–H and O–H groups in total. The zero-order valence-corrected chi connectivity index (χ0v) is 14.4. The Labute approximate surface area is 152 Å². The van der Waals surface area contributed by atoms with Crippen molar-refractivity contribution in [3.63, 3.8) is 0 Å². The highest BCUT2D eigenvalue weighted by Crippen LogP contribution is 2.33. The molecule has 5 heteroatoms. The number of hydrogen-bond acceptors (Lipinski definition) is 4. The van der Waals surface area contributed by atoms with Crippen molar-refractivity contribution in [2.45, 2.75) is 19.4 Å². The van der Waals surface area contributed by atoms with E-state index in [1.807, 2.05) is 43.3 Å². The number of aryl methyl sites for hydroxylation is 1. The van der Waals surface area contributed by atoms with Crippen LogP contribution >= 0.6 is 0 Å². The SMILES string of the molecule is Cc1cccc(C2CC(c3ccccn3)=NN2C(=O)c2ccncc2)c1. The minimum absolute atomic E-state index is 0.134. The third-order valence-corrected chi connectivity index (χ3v) is 4.43. The number of aromatic nitrogens is 2. The van der Waals surface area contributed by atoms with Crippen LogP contribution in [0.3, 0.4) is 0 Å². The van der Waals surface area contributed by atoms with E-state index in [-0.39, 0.29) is 11.9 Å². The van der Waals surface area contributed by atoms with Crippen LogP contribution in [-0.2, 0) is 0 Å². The molecule has 2 aromatic heterocycles. The second-order valence-corrected chi connectivity index (χ2v) is 6.28. The largest absolute Gasteiger partial charge is 0.274 e. The Morgan fingerprint density at radius 1 is 1.04 bits per heavy atom. The van der Waals surface area contributed by atoms with Gasteiger partial charge >= 0.3 is 0 Å². The summed E-state index contributed by atoms with van der Waals surface area (Å²) in [5, 5.41) is 6.22. The number of pyridine rings is 2. The molecule has 0 aliphatic carbocycles. The van der Waals surface area contributed by atoms with Crippen molar-refractivity contribution >= 4 is 11.6 Å². The van der Waals surface area contributed by atoms with Gasteiger partial charge in [0.15, 0.2) is 0 Å². The Hall–Kier alpha value is -3.34. The van der Waals surface area contributed by atoms with Crippen LogP contribution in [0, 0.1) is 6.92 Å². The van der Waals surface area contributed by atoms with Gasteiger partial charge in [-0.1, -0.05) is 35.9 Å². The van der Waals surface area contributed by atoms with E-state index in [1.165, 1.54) is 0 Å². The summed E-state index contributed by atoms with van der Waals surface area (Å²) in [4.78, 5) is 21.4. The van der Waals surface area contributed by atoms with Gasteiger partial charge in [-0.05, 0) is 36.8 Å². The molecule has 1 aliphatic rings. The van der Waals surface area contributed by atoms with E-state index in [0.717, 1.165) is 22.5 Å². The van der Waals surface area contributed by atoms with Crippen LogP contribution < -0.4 is 0 Å². The molecule has 4 rings (SSSR count). The van der Waals surface area contributed by atoms with Gasteiger partial charge in [0.05, 0.1) is 17.4 Å². The molecule has 0 saturated heterocycles. The Morgan fingerprint density at radius 3 is 2.62 bits per heavy atom. The van der Waals surface area contributed by atoms with Gasteiger partial charge in [-0.15, -0.1) is 0 Å². The summed E-state index contributed by atoms with van der Waals surface area (Å²) in [7, 11) is 0. The van der Waals surface area contributed by atoms with Crippen molar-refractivity contribution < 1.29 is 4.79 Å². The van der Waals surface area contributed by atoms with E-state index in [4.69, 9.17) is 0 Å². The van der Waals surface area contributed by atoms with Gasteiger partial charge in [-0.25, -0.2) is 5.01 Å². The maximum atomic E-state index is 13.1. The van der Waals surface area contributed by atoms with Gasteiger partial charge in [0.1, 0.15) is 0 Å². The predicted octanol–water partition coefficient (Wildman–Crippen LogP) is 3.78. The molecule has 1 unspecified atom stereocenters. The first kappa shape index (κ1) is 16.1. The average Bonchev–Trinajstić information content (AvgIpc) is 3.14. The molecule has 1 aromatic carbocycles. The van der Waals surface area contributed by atoms with Crippen molar-refractivity contribution in [2.24, 2.45) is 5.10 Å². The van der Waals surface area contributed by atoms with Crippen LogP contribution in [0.5, 0.6) is 0 Å². The molecule has 1 amide bonds. The van der Waals surface area contributed by atoms with E-state index in [9.17, 15) is 4.79 Å². The standard InChI is InChI=1S/C21H18N4O/c1-15-5-4-6-17(13-15)20-14-19(18-7-2-3-10-23-18)24-25(20)21(26)16-8-11-22-12-9-16/h2-13,20H,14H2,1H3. The molecule has 0 bridgehead atoms. The molecule has 5 nitrogen and oxygen atoms in total. The number of carbonyl (C=O) groups is 1. The summed E-state index contributed by atoms with van der Waals surface area (Å²) in [6.07, 6.45) is 5.62. The predicted molar refractivity (Wildman–Crippen MR) is 99.7 cm³/mol. The molecule has 3 aromatic rings. The zero-order valence-electron chi connectivity index (χ0n) is 14.4. The summed E-state index contributed by atoms with van der Waals surface area (Å²) in [6.45, 7) is 2.05. The molecule has 0 fully saturated rings. The van der Waals surface area contributed by atoms with Gasteiger partial charge in [0.2, 0.25) is 0 Å². The summed E-state index contributed by atoms with van der Waals surface area (Å²) in [6, 6.07) is 17.2. The van der Waals surface area contributed by atoms with Crippen LogP contribution in [0.25, 0.3) is 0 Å². The van der Waals surface area contributed by atoms with E-state index in [2.05, 4.69) is 21.1 Å². The molecule has 1 atom stereocenters. The maximum Gasteiger partial charge on any atom is 0.274 e. The van der Waals surface area contributed by atoms with Gasteiger partial charge < -0.3 is 0 Å². The van der Waals surface area contributed by atoms with Crippen molar-refractivity contribution in [1.29, 1.82) is 0 Å². The number of hydrazone groups is 1. The van der Waals surface area contributed by atoms with E-state index in [1.54, 1.807) is 35.7 Å². The van der Waals surface area contributed by atoms with Crippen LogP contribution in [0.1, 0.15) is 39.6 Å². The number of nitrogens with zero attached hydrogens (tertiary/aromatic N) is 4. The number of benzene rings is 1. The quantitative estimate of drug-likeness (QED) is 0.728. The fourth-order valence-corrected chi connectivity index (χ4v) is 3.15. The lowest BCUT2D eigenvalue weighted by molar-refractivity contribution is 0.0711. The van der Waals surface area contributed by atoms with Crippen molar-refractivity contribution in [2.75, 3.05) is 0 Å². The van der Waals surface area contributed by atoms with Crippen molar-refractivity contribution in [3.8, 4) is 0 Å². The van der Waals surface area contributed by atoms with Crippen LogP contribution in [0.4, 0.5) is 0 Å². The van der Waals surface area contributed by atoms with Gasteiger partial charge in [-0.3, -0.25) is 14.8 Å². The van der Waals surface area contributed by atoms with Crippen molar-refractivity contribution in [1.82, 2.24) is 15.0 Å². The maximum absolute atomic E-state index is 13.1. The second kappa shape index (κ2) is 6.88. The lowest BCUT2D eigenvalue weighted by Gasteiger charge is -2.22. The monoisotopic (exact) mass is 342 g/mol. The lowest BCUT2D eigenvalue weighted by atomic mass is 9.98. The average molecular weight is 342 g/mol. The first-order valence-electron chi connectivity index (χ1n) is 8.51. The first-order valence-corrected chi connectivity index (χ1v) is 8.51. The summed E-state index contributed by atoms with van der Waals surface area (Å²) in [5.74, 6) is -0.134. The molecule has 0 saturated carbocycles. The molecule has 1 aliphatic heterocycles. The molecule has 26 heavy (non-hydrogen) atoms. The number of rotatable bonds is 3. The normalized spacial score (nSPS) is 16.4. The number of carbonyl (C=O) groups excluding carboxylic acids is 1. The molecule has 3 heterocycles. The first-order chi connectivity index (χ1) is 12.7. The molecular formula is C21H18N4O. The Bertz CT molecular complexity index is 954. The Balaban J connectivity index is 1.74. The molecule has 0 radical (unpaired) electrons. The summed E-state index contributed by atoms with van der Waals surface area (Å²) in [5.41, 5.74) is 4.42. The highest BCUT2D eigenvalue weighted by Gasteiger charge is 2.34. The number of hydrogen-bond donors (Lipinski definition) is 0. The van der Waals surface area contributed by atoms with Crippen LogP contribution in [0.2, 0.25) is 0 Å². The topological polar surface area (TPSA) is 58.5 Å².